The van der Waals surface area contributed by atoms with Gasteiger partial charge in [-0.1, -0.05) is 30.3 Å². The summed E-state index contributed by atoms with van der Waals surface area (Å²) in [5.74, 6) is 1.25. The van der Waals surface area contributed by atoms with Crippen LogP contribution in [0.2, 0.25) is 0 Å². The molecule has 3 aromatic rings. The molecule has 1 fully saturated rings. The van der Waals surface area contributed by atoms with E-state index in [0.29, 0.717) is 31.2 Å². The molecular formula is C16H15FN6. The number of benzene rings is 1. The molecule has 0 aliphatic carbocycles. The number of pyridine rings is 1. The van der Waals surface area contributed by atoms with Crippen LogP contribution in [0.1, 0.15) is 6.42 Å². The topological polar surface area (TPSA) is 70.6 Å². The summed E-state index contributed by atoms with van der Waals surface area (Å²) >= 11 is 0. The van der Waals surface area contributed by atoms with E-state index < -0.39 is 6.17 Å². The molecule has 116 valence electrons. The quantitative estimate of drug-likeness (QED) is 0.805. The van der Waals surface area contributed by atoms with Crippen LogP contribution in [0.5, 0.6) is 0 Å². The van der Waals surface area contributed by atoms with Crippen molar-refractivity contribution in [3.63, 3.8) is 0 Å². The second kappa shape index (κ2) is 5.75. The molecule has 0 radical (unpaired) electrons. The van der Waals surface area contributed by atoms with Gasteiger partial charge in [-0.2, -0.15) is 0 Å². The SMILES string of the molecule is FC1CCN(c2nccc(-c3ccccc3)c2-c2nnn[nH]2)C1. The third kappa shape index (κ3) is 2.54. The lowest BCUT2D eigenvalue weighted by atomic mass is 10.00. The van der Waals surface area contributed by atoms with Crippen molar-refractivity contribution in [2.24, 2.45) is 0 Å². The zero-order chi connectivity index (χ0) is 15.6. The second-order valence-electron chi connectivity index (χ2n) is 5.50. The van der Waals surface area contributed by atoms with Gasteiger partial charge in [0, 0.05) is 12.7 Å². The molecule has 7 heteroatoms. The van der Waals surface area contributed by atoms with E-state index in [9.17, 15) is 4.39 Å². The van der Waals surface area contributed by atoms with Crippen molar-refractivity contribution in [1.29, 1.82) is 0 Å². The molecule has 2 aromatic heterocycles. The molecule has 3 heterocycles. The monoisotopic (exact) mass is 310 g/mol. The molecule has 1 unspecified atom stereocenters. The van der Waals surface area contributed by atoms with Crippen LogP contribution in [0.4, 0.5) is 10.2 Å². The highest BCUT2D eigenvalue weighted by molar-refractivity contribution is 5.87. The fraction of sp³-hybridized carbons (Fsp3) is 0.250. The Morgan fingerprint density at radius 2 is 2.04 bits per heavy atom. The number of tetrazole rings is 1. The Hall–Kier alpha value is -2.83. The molecule has 1 aromatic carbocycles. The maximum Gasteiger partial charge on any atom is 0.183 e. The number of halogens is 1. The lowest BCUT2D eigenvalue weighted by molar-refractivity contribution is 0.364. The maximum absolute atomic E-state index is 13.6. The summed E-state index contributed by atoms with van der Waals surface area (Å²) in [7, 11) is 0. The molecule has 1 aliphatic rings. The minimum atomic E-state index is -0.821. The van der Waals surface area contributed by atoms with E-state index in [1.54, 1.807) is 6.20 Å². The van der Waals surface area contributed by atoms with Crippen LogP contribution in [-0.4, -0.2) is 44.9 Å². The lowest BCUT2D eigenvalue weighted by Crippen LogP contribution is -2.22. The predicted octanol–water partition coefficient (Wildman–Crippen LogP) is 2.48. The average Bonchev–Trinajstić information content (AvgIpc) is 3.26. The summed E-state index contributed by atoms with van der Waals surface area (Å²) in [6.45, 7) is 0.987. The van der Waals surface area contributed by atoms with Crippen LogP contribution in [-0.2, 0) is 0 Å². The zero-order valence-electron chi connectivity index (χ0n) is 12.4. The van der Waals surface area contributed by atoms with E-state index in [1.165, 1.54) is 0 Å². The molecule has 23 heavy (non-hydrogen) atoms. The number of nitrogens with one attached hydrogen (secondary N) is 1. The largest absolute Gasteiger partial charge is 0.353 e. The molecule has 0 saturated carbocycles. The van der Waals surface area contributed by atoms with E-state index in [-0.39, 0.29) is 0 Å². The Morgan fingerprint density at radius 1 is 1.17 bits per heavy atom. The van der Waals surface area contributed by atoms with Crippen molar-refractivity contribution in [3.05, 3.63) is 42.6 Å². The minimum Gasteiger partial charge on any atom is -0.353 e. The number of nitrogens with zero attached hydrogens (tertiary/aromatic N) is 5. The molecular weight excluding hydrogens is 295 g/mol. The van der Waals surface area contributed by atoms with E-state index in [0.717, 1.165) is 16.7 Å². The van der Waals surface area contributed by atoms with Gasteiger partial charge >= 0.3 is 0 Å². The van der Waals surface area contributed by atoms with E-state index in [2.05, 4.69) is 25.6 Å². The lowest BCUT2D eigenvalue weighted by Gasteiger charge is -2.21. The number of alkyl halides is 1. The first-order chi connectivity index (χ1) is 11.3. The highest BCUT2D eigenvalue weighted by atomic mass is 19.1. The summed E-state index contributed by atoms with van der Waals surface area (Å²) in [4.78, 5) is 6.43. The van der Waals surface area contributed by atoms with Crippen molar-refractivity contribution in [3.8, 4) is 22.5 Å². The third-order valence-corrected chi connectivity index (χ3v) is 4.03. The molecule has 1 N–H and O–H groups in total. The van der Waals surface area contributed by atoms with Gasteiger partial charge in [0.15, 0.2) is 5.82 Å². The first-order valence-electron chi connectivity index (χ1n) is 7.50. The number of hydrogen-bond donors (Lipinski definition) is 1. The summed E-state index contributed by atoms with van der Waals surface area (Å²) in [6, 6.07) is 11.9. The third-order valence-electron chi connectivity index (χ3n) is 4.03. The number of anilines is 1. The summed E-state index contributed by atoms with van der Waals surface area (Å²) in [5.41, 5.74) is 2.81. The van der Waals surface area contributed by atoms with Gasteiger partial charge in [0.2, 0.25) is 0 Å². The van der Waals surface area contributed by atoms with Crippen LogP contribution in [0.25, 0.3) is 22.5 Å². The normalized spacial score (nSPS) is 17.6. The molecule has 0 spiro atoms. The Balaban J connectivity index is 1.90. The first kappa shape index (κ1) is 13.8. The van der Waals surface area contributed by atoms with Gasteiger partial charge in [-0.15, -0.1) is 5.10 Å². The number of H-pyrrole nitrogens is 1. The van der Waals surface area contributed by atoms with Gasteiger partial charge in [-0.3, -0.25) is 0 Å². The van der Waals surface area contributed by atoms with Crippen LogP contribution in [0, 0.1) is 0 Å². The highest BCUT2D eigenvalue weighted by Crippen LogP contribution is 2.37. The average molecular weight is 310 g/mol. The van der Waals surface area contributed by atoms with Gasteiger partial charge in [0.1, 0.15) is 12.0 Å². The van der Waals surface area contributed by atoms with Gasteiger partial charge in [0.05, 0.1) is 12.1 Å². The van der Waals surface area contributed by atoms with Gasteiger partial charge in [-0.25, -0.2) is 14.5 Å². The predicted molar refractivity (Wildman–Crippen MR) is 84.6 cm³/mol. The molecule has 0 bridgehead atoms. The van der Waals surface area contributed by atoms with Crippen LogP contribution in [0.15, 0.2) is 42.6 Å². The van der Waals surface area contributed by atoms with Crippen molar-refractivity contribution in [2.75, 3.05) is 18.0 Å². The Morgan fingerprint density at radius 3 is 2.74 bits per heavy atom. The summed E-state index contributed by atoms with van der Waals surface area (Å²) in [6.07, 6.45) is 1.44. The highest BCUT2D eigenvalue weighted by Gasteiger charge is 2.27. The molecule has 1 saturated heterocycles. The Labute approximate surface area is 132 Å². The van der Waals surface area contributed by atoms with Crippen molar-refractivity contribution in [1.82, 2.24) is 25.6 Å². The fourth-order valence-electron chi connectivity index (χ4n) is 2.96. The van der Waals surface area contributed by atoms with Crippen molar-refractivity contribution in [2.45, 2.75) is 12.6 Å². The Bertz CT molecular complexity index is 790. The number of hydrogen-bond acceptors (Lipinski definition) is 5. The van der Waals surface area contributed by atoms with Crippen molar-refractivity contribution >= 4 is 5.82 Å². The molecule has 0 amide bonds. The zero-order valence-corrected chi connectivity index (χ0v) is 12.4. The standard InChI is InChI=1S/C16H15FN6/c17-12-7-9-23(10-12)16-14(15-19-21-22-20-15)13(6-8-18-16)11-4-2-1-3-5-11/h1-6,8,12H,7,9-10H2,(H,19,20,21,22). The van der Waals surface area contributed by atoms with E-state index in [1.807, 2.05) is 41.3 Å². The van der Waals surface area contributed by atoms with E-state index >= 15 is 0 Å². The van der Waals surface area contributed by atoms with E-state index in [4.69, 9.17) is 0 Å². The fourth-order valence-corrected chi connectivity index (χ4v) is 2.96. The molecule has 6 nitrogen and oxygen atoms in total. The number of rotatable bonds is 3. The van der Waals surface area contributed by atoms with Gasteiger partial charge < -0.3 is 4.90 Å². The van der Waals surface area contributed by atoms with Gasteiger partial charge in [0.25, 0.3) is 0 Å². The number of aromatic amines is 1. The second-order valence-corrected chi connectivity index (χ2v) is 5.50. The first-order valence-corrected chi connectivity index (χ1v) is 7.50. The minimum absolute atomic E-state index is 0.347. The van der Waals surface area contributed by atoms with Crippen LogP contribution >= 0.6 is 0 Å². The van der Waals surface area contributed by atoms with Crippen LogP contribution < -0.4 is 4.90 Å². The number of aromatic nitrogens is 5. The Kier molecular flexibility index (Phi) is 3.45. The maximum atomic E-state index is 13.6. The van der Waals surface area contributed by atoms with Gasteiger partial charge in [-0.05, 0) is 34.0 Å². The summed E-state index contributed by atoms with van der Waals surface area (Å²) < 4.78 is 13.6. The smallest absolute Gasteiger partial charge is 0.183 e. The van der Waals surface area contributed by atoms with Crippen molar-refractivity contribution < 1.29 is 4.39 Å². The molecule has 4 rings (SSSR count). The molecule has 1 aliphatic heterocycles. The summed E-state index contributed by atoms with van der Waals surface area (Å²) in [5, 5.41) is 14.2. The molecule has 1 atom stereocenters. The van der Waals surface area contributed by atoms with Crippen LogP contribution in [0.3, 0.4) is 0 Å².